The van der Waals surface area contributed by atoms with Crippen LogP contribution >= 0.6 is 34.8 Å². The number of amides is 1. The van der Waals surface area contributed by atoms with E-state index in [1.54, 1.807) is 0 Å². The van der Waals surface area contributed by atoms with Gasteiger partial charge in [-0.05, 0) is 30.0 Å². The van der Waals surface area contributed by atoms with Crippen LogP contribution in [-0.2, 0) is 4.79 Å². The molecule has 5 heteroatoms. The lowest BCUT2D eigenvalue weighted by molar-refractivity contribution is -0.124. The lowest BCUT2D eigenvalue weighted by atomic mass is 9.78. The molecule has 0 spiro atoms. The minimum atomic E-state index is -1.15. The Balaban J connectivity index is 2.46. The van der Waals surface area contributed by atoms with E-state index in [4.69, 9.17) is 40.5 Å². The minimum absolute atomic E-state index is 0.0118. The summed E-state index contributed by atoms with van der Waals surface area (Å²) in [5, 5.41) is 0.668. The molecule has 110 valence electrons. The van der Waals surface area contributed by atoms with Gasteiger partial charge in [-0.2, -0.15) is 0 Å². The Hall–Kier alpha value is -0.440. The van der Waals surface area contributed by atoms with Gasteiger partial charge in [0.05, 0.1) is 5.41 Å². The fourth-order valence-corrected chi connectivity index (χ4v) is 5.15. The molecule has 0 saturated heterocycles. The van der Waals surface area contributed by atoms with Crippen LogP contribution in [0.2, 0.25) is 5.02 Å². The highest BCUT2D eigenvalue weighted by molar-refractivity contribution is 6.54. The topological polar surface area (TPSA) is 43.1 Å². The maximum atomic E-state index is 12.0. The lowest BCUT2D eigenvalue weighted by Gasteiger charge is -2.24. The van der Waals surface area contributed by atoms with Gasteiger partial charge in [-0.1, -0.05) is 67.7 Å². The van der Waals surface area contributed by atoms with Crippen LogP contribution in [0.1, 0.15) is 38.7 Å². The van der Waals surface area contributed by atoms with Crippen molar-refractivity contribution in [1.29, 1.82) is 0 Å². The molecule has 0 unspecified atom stereocenters. The van der Waals surface area contributed by atoms with Gasteiger partial charge in [-0.15, -0.1) is 0 Å². The molecule has 3 atom stereocenters. The first-order valence-electron chi connectivity index (χ1n) is 6.60. The number of benzene rings is 1. The van der Waals surface area contributed by atoms with Crippen molar-refractivity contribution in [3.8, 4) is 0 Å². The molecule has 1 aromatic carbocycles. The van der Waals surface area contributed by atoms with Gasteiger partial charge >= 0.3 is 0 Å². The van der Waals surface area contributed by atoms with Gasteiger partial charge in [-0.3, -0.25) is 4.79 Å². The number of nitrogens with two attached hydrogens (primary N) is 1. The first-order chi connectivity index (χ1) is 9.16. The number of primary amides is 1. The molecule has 1 aromatic rings. The normalized spacial score (nSPS) is 32.7. The Bertz CT molecular complexity index is 543. The predicted molar refractivity (Wildman–Crippen MR) is 84.3 cm³/mol. The summed E-state index contributed by atoms with van der Waals surface area (Å²) in [6.45, 7) is 5.84. The van der Waals surface area contributed by atoms with Crippen molar-refractivity contribution < 1.29 is 4.79 Å². The molecule has 2 rings (SSSR count). The average Bonchev–Trinajstić information content (AvgIpc) is 2.80. The molecule has 0 heterocycles. The van der Waals surface area contributed by atoms with Crippen molar-refractivity contribution >= 4 is 40.7 Å². The molecule has 1 aliphatic rings. The molecular formula is C15H18Cl3NO. The van der Waals surface area contributed by atoms with E-state index in [-0.39, 0.29) is 5.92 Å². The Kier molecular flexibility index (Phi) is 3.82. The third-order valence-electron chi connectivity index (χ3n) is 5.20. The van der Waals surface area contributed by atoms with Crippen molar-refractivity contribution in [2.24, 2.45) is 16.6 Å². The van der Waals surface area contributed by atoms with Crippen LogP contribution < -0.4 is 5.73 Å². The molecule has 1 fully saturated rings. The van der Waals surface area contributed by atoms with E-state index >= 15 is 0 Å². The van der Waals surface area contributed by atoms with Gasteiger partial charge in [0.2, 0.25) is 5.91 Å². The van der Waals surface area contributed by atoms with E-state index in [1.807, 2.05) is 45.0 Å². The van der Waals surface area contributed by atoms with Crippen LogP contribution in [-0.4, -0.2) is 10.2 Å². The van der Waals surface area contributed by atoms with Gasteiger partial charge in [0, 0.05) is 10.4 Å². The highest BCUT2D eigenvalue weighted by atomic mass is 35.5. The van der Waals surface area contributed by atoms with Gasteiger partial charge in [0.15, 0.2) is 0 Å². The second-order valence-electron chi connectivity index (χ2n) is 5.67. The van der Waals surface area contributed by atoms with E-state index in [1.165, 1.54) is 0 Å². The van der Waals surface area contributed by atoms with E-state index in [0.29, 0.717) is 11.4 Å². The zero-order valence-corrected chi connectivity index (χ0v) is 14.0. The summed E-state index contributed by atoms with van der Waals surface area (Å²) in [5.41, 5.74) is 5.15. The van der Waals surface area contributed by atoms with Crippen molar-refractivity contribution in [1.82, 2.24) is 0 Å². The van der Waals surface area contributed by atoms with Crippen LogP contribution in [0.15, 0.2) is 24.3 Å². The van der Waals surface area contributed by atoms with E-state index in [9.17, 15) is 4.79 Å². The molecule has 0 aliphatic heterocycles. The highest BCUT2D eigenvalue weighted by Gasteiger charge is 2.87. The largest absolute Gasteiger partial charge is 0.369 e. The average molecular weight is 335 g/mol. The second kappa shape index (κ2) is 4.79. The Morgan fingerprint density at radius 2 is 1.80 bits per heavy atom. The molecule has 1 aliphatic carbocycles. The first-order valence-corrected chi connectivity index (χ1v) is 7.73. The van der Waals surface area contributed by atoms with Gasteiger partial charge in [-0.25, -0.2) is 0 Å². The molecule has 20 heavy (non-hydrogen) atoms. The molecule has 1 saturated carbocycles. The number of hydrogen-bond acceptors (Lipinski definition) is 1. The summed E-state index contributed by atoms with van der Waals surface area (Å²) >= 11 is 18.9. The van der Waals surface area contributed by atoms with Gasteiger partial charge in [0.1, 0.15) is 4.33 Å². The number of carbonyl (C=O) groups is 1. The molecule has 0 aromatic heterocycles. The van der Waals surface area contributed by atoms with Crippen molar-refractivity contribution in [2.45, 2.75) is 37.4 Å². The van der Waals surface area contributed by atoms with Gasteiger partial charge in [0.25, 0.3) is 0 Å². The fourth-order valence-electron chi connectivity index (χ4n) is 3.62. The Labute approximate surface area is 134 Å². The minimum Gasteiger partial charge on any atom is -0.369 e. The summed E-state index contributed by atoms with van der Waals surface area (Å²) in [6, 6.07) is 7.51. The molecular weight excluding hydrogens is 317 g/mol. The fraction of sp³-hybridized carbons (Fsp3) is 0.533. The zero-order chi connectivity index (χ0) is 15.3. The number of rotatable bonds is 4. The summed E-state index contributed by atoms with van der Waals surface area (Å²) in [7, 11) is 0. The van der Waals surface area contributed by atoms with Gasteiger partial charge < -0.3 is 5.73 Å². The zero-order valence-electron chi connectivity index (χ0n) is 11.7. The van der Waals surface area contributed by atoms with Crippen molar-refractivity contribution in [3.05, 3.63) is 34.9 Å². The SMILES string of the molecule is CC[C@@]1(C(N)=O)C(Cl)(Cl)[C@@]1(C)[C@H](C)c1ccc(Cl)cc1. The second-order valence-corrected chi connectivity index (χ2v) is 7.44. The van der Waals surface area contributed by atoms with E-state index < -0.39 is 21.1 Å². The molecule has 2 nitrogen and oxygen atoms in total. The summed E-state index contributed by atoms with van der Waals surface area (Å²) in [4.78, 5) is 12.0. The van der Waals surface area contributed by atoms with Crippen LogP contribution in [0.5, 0.6) is 0 Å². The first kappa shape index (κ1) is 15.9. The molecule has 0 radical (unpaired) electrons. The van der Waals surface area contributed by atoms with Crippen LogP contribution in [0.4, 0.5) is 0 Å². The third kappa shape index (κ3) is 1.68. The maximum Gasteiger partial charge on any atom is 0.227 e. The smallest absolute Gasteiger partial charge is 0.227 e. The van der Waals surface area contributed by atoms with E-state index in [2.05, 4.69) is 0 Å². The molecule has 0 bridgehead atoms. The van der Waals surface area contributed by atoms with Crippen molar-refractivity contribution in [2.75, 3.05) is 0 Å². The van der Waals surface area contributed by atoms with Crippen molar-refractivity contribution in [3.63, 3.8) is 0 Å². The van der Waals surface area contributed by atoms with Crippen LogP contribution in [0.3, 0.4) is 0 Å². The number of halogens is 3. The molecule has 2 N–H and O–H groups in total. The summed E-state index contributed by atoms with van der Waals surface area (Å²) in [5.74, 6) is -0.449. The predicted octanol–water partition coefficient (Wildman–Crippen LogP) is 4.52. The summed E-state index contributed by atoms with van der Waals surface area (Å²) in [6.07, 6.45) is 0.518. The monoisotopic (exact) mass is 333 g/mol. The maximum absolute atomic E-state index is 12.0. The number of alkyl halides is 2. The lowest BCUT2D eigenvalue weighted by Crippen LogP contribution is -2.32. The number of hydrogen-bond donors (Lipinski definition) is 1. The quantitative estimate of drug-likeness (QED) is 0.808. The standard InChI is InChI=1S/C15H18Cl3NO/c1-4-14(12(19)20)13(3,15(14,17)18)9(2)10-5-7-11(16)8-6-10/h5-9H,4H2,1-3H3,(H2,19,20)/t9-,13+,14+/m1/s1. The highest BCUT2D eigenvalue weighted by Crippen LogP contribution is 2.83. The number of carbonyl (C=O) groups excluding carboxylic acids is 1. The molecule has 1 amide bonds. The summed E-state index contributed by atoms with van der Waals surface area (Å²) < 4.78 is -1.15. The Morgan fingerprint density at radius 1 is 1.30 bits per heavy atom. The van der Waals surface area contributed by atoms with Crippen LogP contribution in [0.25, 0.3) is 0 Å². The van der Waals surface area contributed by atoms with E-state index in [0.717, 1.165) is 5.56 Å². The Morgan fingerprint density at radius 3 is 2.15 bits per heavy atom. The van der Waals surface area contributed by atoms with Crippen LogP contribution in [0, 0.1) is 10.8 Å². The third-order valence-corrected chi connectivity index (χ3v) is 6.88.